The van der Waals surface area contributed by atoms with Gasteiger partial charge in [-0.1, -0.05) is 29.8 Å². The van der Waals surface area contributed by atoms with Crippen molar-refractivity contribution in [3.63, 3.8) is 0 Å². The predicted octanol–water partition coefficient (Wildman–Crippen LogP) is 3.61. The number of nitrogens with zero attached hydrogens (tertiary/aromatic N) is 1. The lowest BCUT2D eigenvalue weighted by Gasteiger charge is -2.09. The van der Waals surface area contributed by atoms with Gasteiger partial charge in [0, 0.05) is 24.0 Å². The van der Waals surface area contributed by atoms with Gasteiger partial charge in [-0.05, 0) is 50.8 Å². The summed E-state index contributed by atoms with van der Waals surface area (Å²) in [5.41, 5.74) is 6.11. The van der Waals surface area contributed by atoms with E-state index in [4.69, 9.17) is 0 Å². The average molecular weight is 296 g/mol. The molecule has 1 saturated carbocycles. The zero-order valence-electron chi connectivity index (χ0n) is 13.6. The summed E-state index contributed by atoms with van der Waals surface area (Å²) >= 11 is 0. The summed E-state index contributed by atoms with van der Waals surface area (Å²) in [6, 6.07) is 11.0. The van der Waals surface area contributed by atoms with Crippen LogP contribution in [0.25, 0.3) is 0 Å². The lowest BCUT2D eigenvalue weighted by Crippen LogP contribution is -2.24. The van der Waals surface area contributed by atoms with Crippen molar-refractivity contribution in [2.45, 2.75) is 52.6 Å². The van der Waals surface area contributed by atoms with Gasteiger partial charge in [-0.25, -0.2) is 0 Å². The Hall–Kier alpha value is -2.03. The van der Waals surface area contributed by atoms with Gasteiger partial charge >= 0.3 is 0 Å². The molecular formula is C19H24N2O. The fourth-order valence-corrected chi connectivity index (χ4v) is 3.18. The standard InChI is InChI=1S/C19H24N2O/c1-13-5-4-6-16(9-13)11-19(22)20-12-17-10-14(2)21(15(17)3)18-7-8-18/h4-6,9-10,18H,7-8,11-12H2,1-3H3,(H,20,22). The SMILES string of the molecule is Cc1cccc(CC(=O)NCc2cc(C)n(C3CC3)c2C)c1. The van der Waals surface area contributed by atoms with E-state index in [-0.39, 0.29) is 5.91 Å². The van der Waals surface area contributed by atoms with Crippen LogP contribution in [0.4, 0.5) is 0 Å². The molecule has 2 aromatic rings. The van der Waals surface area contributed by atoms with Crippen LogP contribution < -0.4 is 5.32 Å². The molecule has 1 fully saturated rings. The van der Waals surface area contributed by atoms with Gasteiger partial charge in [-0.3, -0.25) is 4.79 Å². The lowest BCUT2D eigenvalue weighted by molar-refractivity contribution is -0.120. The molecule has 3 nitrogen and oxygen atoms in total. The molecule has 0 spiro atoms. The molecule has 1 aromatic heterocycles. The molecule has 1 aliphatic carbocycles. The van der Waals surface area contributed by atoms with Crippen LogP contribution in [-0.4, -0.2) is 10.5 Å². The van der Waals surface area contributed by atoms with Crippen molar-refractivity contribution in [1.82, 2.24) is 9.88 Å². The molecule has 1 amide bonds. The second-order valence-electron chi connectivity index (χ2n) is 6.44. The highest BCUT2D eigenvalue weighted by molar-refractivity contribution is 5.78. The number of nitrogens with one attached hydrogen (secondary N) is 1. The van der Waals surface area contributed by atoms with E-state index >= 15 is 0 Å². The topological polar surface area (TPSA) is 34.0 Å². The van der Waals surface area contributed by atoms with Crippen LogP contribution in [0.15, 0.2) is 30.3 Å². The van der Waals surface area contributed by atoms with Crippen LogP contribution in [0.3, 0.4) is 0 Å². The molecule has 1 aliphatic rings. The first-order valence-electron chi connectivity index (χ1n) is 8.04. The summed E-state index contributed by atoms with van der Waals surface area (Å²) in [6.07, 6.45) is 3.02. The number of amides is 1. The summed E-state index contributed by atoms with van der Waals surface area (Å²) in [6.45, 7) is 6.99. The monoisotopic (exact) mass is 296 g/mol. The lowest BCUT2D eigenvalue weighted by atomic mass is 10.1. The fraction of sp³-hybridized carbons (Fsp3) is 0.421. The number of carbonyl (C=O) groups excluding carboxylic acids is 1. The van der Waals surface area contributed by atoms with E-state index in [0.717, 1.165) is 5.56 Å². The summed E-state index contributed by atoms with van der Waals surface area (Å²) in [7, 11) is 0. The van der Waals surface area contributed by atoms with Crippen molar-refractivity contribution in [3.8, 4) is 0 Å². The molecule has 0 aliphatic heterocycles. The van der Waals surface area contributed by atoms with E-state index in [1.165, 1.54) is 35.4 Å². The minimum atomic E-state index is 0.0850. The Morgan fingerprint density at radius 1 is 1.23 bits per heavy atom. The van der Waals surface area contributed by atoms with E-state index < -0.39 is 0 Å². The van der Waals surface area contributed by atoms with Crippen LogP contribution in [0.2, 0.25) is 0 Å². The van der Waals surface area contributed by atoms with Crippen molar-refractivity contribution in [2.24, 2.45) is 0 Å². The quantitative estimate of drug-likeness (QED) is 0.898. The van der Waals surface area contributed by atoms with Gasteiger partial charge in [-0.2, -0.15) is 0 Å². The highest BCUT2D eigenvalue weighted by Gasteiger charge is 2.26. The zero-order valence-corrected chi connectivity index (χ0v) is 13.6. The summed E-state index contributed by atoms with van der Waals surface area (Å²) in [4.78, 5) is 12.1. The second kappa shape index (κ2) is 5.99. The largest absolute Gasteiger partial charge is 0.352 e. The van der Waals surface area contributed by atoms with Gasteiger partial charge in [0.2, 0.25) is 5.91 Å². The molecule has 1 N–H and O–H groups in total. The first-order valence-corrected chi connectivity index (χ1v) is 8.04. The highest BCUT2D eigenvalue weighted by atomic mass is 16.1. The maximum absolute atomic E-state index is 12.1. The van der Waals surface area contributed by atoms with Crippen molar-refractivity contribution in [2.75, 3.05) is 0 Å². The summed E-state index contributed by atoms with van der Waals surface area (Å²) in [5.74, 6) is 0.0850. The second-order valence-corrected chi connectivity index (χ2v) is 6.44. The maximum atomic E-state index is 12.1. The molecule has 1 heterocycles. The van der Waals surface area contributed by atoms with Crippen molar-refractivity contribution in [3.05, 3.63) is 58.4 Å². The van der Waals surface area contributed by atoms with E-state index in [1.54, 1.807) is 0 Å². The maximum Gasteiger partial charge on any atom is 0.224 e. The number of hydrogen-bond acceptors (Lipinski definition) is 1. The van der Waals surface area contributed by atoms with E-state index in [0.29, 0.717) is 19.0 Å². The minimum absolute atomic E-state index is 0.0850. The van der Waals surface area contributed by atoms with Gasteiger partial charge in [0.1, 0.15) is 0 Å². The number of carbonyl (C=O) groups is 1. The number of benzene rings is 1. The summed E-state index contributed by atoms with van der Waals surface area (Å²) < 4.78 is 2.42. The zero-order chi connectivity index (χ0) is 15.7. The van der Waals surface area contributed by atoms with Crippen LogP contribution >= 0.6 is 0 Å². The first-order chi connectivity index (χ1) is 10.5. The van der Waals surface area contributed by atoms with Crippen LogP contribution in [0.1, 0.15) is 47.0 Å². The molecule has 3 rings (SSSR count). The molecule has 116 valence electrons. The number of hydrogen-bond donors (Lipinski definition) is 1. The fourth-order valence-electron chi connectivity index (χ4n) is 3.18. The van der Waals surface area contributed by atoms with Gasteiger partial charge in [0.05, 0.1) is 6.42 Å². The third-order valence-corrected chi connectivity index (χ3v) is 4.42. The van der Waals surface area contributed by atoms with Gasteiger partial charge in [-0.15, -0.1) is 0 Å². The van der Waals surface area contributed by atoms with E-state index in [1.807, 2.05) is 25.1 Å². The van der Waals surface area contributed by atoms with Crippen molar-refractivity contribution < 1.29 is 4.79 Å². The molecule has 1 aromatic carbocycles. The molecule has 3 heteroatoms. The van der Waals surface area contributed by atoms with Gasteiger partial charge < -0.3 is 9.88 Å². The van der Waals surface area contributed by atoms with Crippen molar-refractivity contribution in [1.29, 1.82) is 0 Å². The van der Waals surface area contributed by atoms with E-state index in [9.17, 15) is 4.79 Å². The third-order valence-electron chi connectivity index (χ3n) is 4.42. The van der Waals surface area contributed by atoms with Gasteiger partial charge in [0.25, 0.3) is 0 Å². The predicted molar refractivity (Wildman–Crippen MR) is 88.9 cm³/mol. The van der Waals surface area contributed by atoms with Crippen LogP contribution in [0, 0.1) is 20.8 Å². The molecule has 0 saturated heterocycles. The molecule has 0 radical (unpaired) electrons. The first kappa shape index (κ1) is 14.9. The Balaban J connectivity index is 1.60. The molecule has 0 atom stereocenters. The molecule has 0 unspecified atom stereocenters. The van der Waals surface area contributed by atoms with Crippen LogP contribution in [0.5, 0.6) is 0 Å². The smallest absolute Gasteiger partial charge is 0.224 e. The Kier molecular flexibility index (Phi) is 4.06. The van der Waals surface area contributed by atoms with Crippen molar-refractivity contribution >= 4 is 5.91 Å². The minimum Gasteiger partial charge on any atom is -0.352 e. The molecule has 0 bridgehead atoms. The Bertz CT molecular complexity index is 695. The number of aromatic nitrogens is 1. The third kappa shape index (κ3) is 3.24. The highest BCUT2D eigenvalue weighted by Crippen LogP contribution is 2.38. The van der Waals surface area contributed by atoms with E-state index in [2.05, 4.69) is 35.9 Å². The number of rotatable bonds is 5. The Labute approximate surface area is 132 Å². The Morgan fingerprint density at radius 3 is 2.68 bits per heavy atom. The van der Waals surface area contributed by atoms with Crippen LogP contribution in [-0.2, 0) is 17.8 Å². The normalized spacial score (nSPS) is 14.1. The summed E-state index contributed by atoms with van der Waals surface area (Å²) in [5, 5.41) is 3.06. The Morgan fingerprint density at radius 2 is 2.00 bits per heavy atom. The van der Waals surface area contributed by atoms with Gasteiger partial charge in [0.15, 0.2) is 0 Å². The number of aryl methyl sites for hydroxylation is 2. The molecule has 22 heavy (non-hydrogen) atoms. The average Bonchev–Trinajstić information content (AvgIpc) is 3.24. The molecular weight excluding hydrogens is 272 g/mol.